The Morgan fingerprint density at radius 2 is 2.00 bits per heavy atom. The molecule has 3 nitrogen and oxygen atoms in total. The lowest BCUT2D eigenvalue weighted by Gasteiger charge is -2.27. The van der Waals surface area contributed by atoms with Crippen molar-refractivity contribution in [2.24, 2.45) is 0 Å². The zero-order valence-electron chi connectivity index (χ0n) is 10.3. The molecule has 1 aromatic carbocycles. The van der Waals surface area contributed by atoms with Gasteiger partial charge in [0.25, 0.3) is 0 Å². The van der Waals surface area contributed by atoms with Crippen molar-refractivity contribution in [3.63, 3.8) is 0 Å². The number of ether oxygens (including phenoxy) is 1. The van der Waals surface area contributed by atoms with E-state index in [0.29, 0.717) is 13.0 Å². The number of anilines is 1. The first-order valence-corrected chi connectivity index (χ1v) is 5.70. The highest BCUT2D eigenvalue weighted by Gasteiger charge is 2.18. The summed E-state index contributed by atoms with van der Waals surface area (Å²) in [5.41, 5.74) is 0.838. The van der Waals surface area contributed by atoms with Gasteiger partial charge in [-0.2, -0.15) is 0 Å². The number of rotatable bonds is 6. The Kier molecular flexibility index (Phi) is 4.62. The lowest BCUT2D eigenvalue weighted by atomic mass is 10.0. The van der Waals surface area contributed by atoms with Crippen LogP contribution in [-0.2, 0) is 0 Å². The van der Waals surface area contributed by atoms with Crippen molar-refractivity contribution in [1.82, 2.24) is 0 Å². The Hall–Kier alpha value is -1.22. The van der Waals surface area contributed by atoms with Crippen LogP contribution < -0.4 is 10.1 Å². The van der Waals surface area contributed by atoms with E-state index in [9.17, 15) is 0 Å². The molecule has 0 fully saturated rings. The molecule has 0 aromatic heterocycles. The van der Waals surface area contributed by atoms with E-state index in [4.69, 9.17) is 9.84 Å². The first-order valence-electron chi connectivity index (χ1n) is 5.70. The van der Waals surface area contributed by atoms with Crippen LogP contribution in [0.1, 0.15) is 27.2 Å². The molecule has 0 saturated carbocycles. The van der Waals surface area contributed by atoms with Gasteiger partial charge in [0.15, 0.2) is 0 Å². The molecule has 0 spiro atoms. The summed E-state index contributed by atoms with van der Waals surface area (Å²) in [6.45, 7) is 6.92. The van der Waals surface area contributed by atoms with Gasteiger partial charge in [0.1, 0.15) is 5.75 Å². The quantitative estimate of drug-likeness (QED) is 0.779. The Morgan fingerprint density at radius 3 is 2.62 bits per heavy atom. The number of hydrogen-bond acceptors (Lipinski definition) is 3. The standard InChI is InChI=1S/C13H21NO2/c1-4-16-12-8-6-5-7-11(12)14-13(2,3)9-10-15/h5-8,14-15H,4,9-10H2,1-3H3. The Labute approximate surface area is 97.4 Å². The van der Waals surface area contributed by atoms with Crippen molar-refractivity contribution < 1.29 is 9.84 Å². The number of benzene rings is 1. The van der Waals surface area contributed by atoms with Crippen LogP contribution in [0.5, 0.6) is 5.75 Å². The fourth-order valence-corrected chi connectivity index (χ4v) is 1.56. The van der Waals surface area contributed by atoms with E-state index in [2.05, 4.69) is 19.2 Å². The van der Waals surface area contributed by atoms with E-state index in [1.54, 1.807) is 0 Å². The predicted octanol–water partition coefficient (Wildman–Crippen LogP) is 2.66. The first-order chi connectivity index (χ1) is 7.59. The smallest absolute Gasteiger partial charge is 0.142 e. The number of hydrogen-bond donors (Lipinski definition) is 2. The maximum Gasteiger partial charge on any atom is 0.142 e. The Morgan fingerprint density at radius 1 is 1.31 bits per heavy atom. The van der Waals surface area contributed by atoms with Gasteiger partial charge in [-0.05, 0) is 39.3 Å². The Balaban J connectivity index is 2.79. The fourth-order valence-electron chi connectivity index (χ4n) is 1.56. The summed E-state index contributed by atoms with van der Waals surface area (Å²) in [5, 5.41) is 12.4. The van der Waals surface area contributed by atoms with Gasteiger partial charge in [0, 0.05) is 12.1 Å². The minimum Gasteiger partial charge on any atom is -0.492 e. The number of aliphatic hydroxyl groups excluding tert-OH is 1. The number of nitrogens with one attached hydrogen (secondary N) is 1. The molecule has 0 heterocycles. The summed E-state index contributed by atoms with van der Waals surface area (Å²) in [6, 6.07) is 7.86. The number of para-hydroxylation sites is 2. The third-order valence-corrected chi connectivity index (χ3v) is 2.40. The largest absolute Gasteiger partial charge is 0.492 e. The van der Waals surface area contributed by atoms with E-state index < -0.39 is 0 Å². The molecule has 0 unspecified atom stereocenters. The van der Waals surface area contributed by atoms with Gasteiger partial charge in [-0.15, -0.1) is 0 Å². The molecule has 0 radical (unpaired) electrons. The van der Waals surface area contributed by atoms with Crippen molar-refractivity contribution in [2.75, 3.05) is 18.5 Å². The van der Waals surface area contributed by atoms with Crippen LogP contribution in [0.3, 0.4) is 0 Å². The summed E-state index contributed by atoms with van der Waals surface area (Å²) in [7, 11) is 0. The summed E-state index contributed by atoms with van der Waals surface area (Å²) >= 11 is 0. The van der Waals surface area contributed by atoms with Crippen LogP contribution in [-0.4, -0.2) is 23.9 Å². The van der Waals surface area contributed by atoms with Crippen molar-refractivity contribution in [2.45, 2.75) is 32.7 Å². The minimum absolute atomic E-state index is 0.137. The second kappa shape index (κ2) is 5.75. The van der Waals surface area contributed by atoms with Crippen LogP contribution in [0.25, 0.3) is 0 Å². The zero-order valence-corrected chi connectivity index (χ0v) is 10.3. The molecular weight excluding hydrogens is 202 g/mol. The van der Waals surface area contributed by atoms with Crippen molar-refractivity contribution in [3.8, 4) is 5.75 Å². The summed E-state index contributed by atoms with van der Waals surface area (Å²) in [6.07, 6.45) is 0.702. The molecule has 1 aromatic rings. The molecule has 0 atom stereocenters. The maximum absolute atomic E-state index is 8.98. The molecule has 90 valence electrons. The van der Waals surface area contributed by atoms with Gasteiger partial charge >= 0.3 is 0 Å². The van der Waals surface area contributed by atoms with Crippen molar-refractivity contribution >= 4 is 5.69 Å². The molecule has 2 N–H and O–H groups in total. The molecule has 0 aliphatic carbocycles. The second-order valence-electron chi connectivity index (χ2n) is 4.41. The Bertz CT molecular complexity index is 323. The molecule has 3 heteroatoms. The van der Waals surface area contributed by atoms with Crippen LogP contribution in [0.2, 0.25) is 0 Å². The van der Waals surface area contributed by atoms with Crippen molar-refractivity contribution in [1.29, 1.82) is 0 Å². The molecule has 0 amide bonds. The average molecular weight is 223 g/mol. The topological polar surface area (TPSA) is 41.5 Å². The van der Waals surface area contributed by atoms with E-state index in [1.165, 1.54) is 0 Å². The van der Waals surface area contributed by atoms with Gasteiger partial charge in [-0.25, -0.2) is 0 Å². The minimum atomic E-state index is -0.137. The summed E-state index contributed by atoms with van der Waals surface area (Å²) in [4.78, 5) is 0. The van der Waals surface area contributed by atoms with E-state index in [1.807, 2.05) is 31.2 Å². The zero-order chi connectivity index (χ0) is 12.0. The second-order valence-corrected chi connectivity index (χ2v) is 4.41. The lowest BCUT2D eigenvalue weighted by Crippen LogP contribution is -2.32. The van der Waals surface area contributed by atoms with Crippen molar-refractivity contribution in [3.05, 3.63) is 24.3 Å². The molecular formula is C13H21NO2. The van der Waals surface area contributed by atoms with Crippen LogP contribution >= 0.6 is 0 Å². The van der Waals surface area contributed by atoms with Gasteiger partial charge < -0.3 is 15.2 Å². The first kappa shape index (κ1) is 12.8. The van der Waals surface area contributed by atoms with Crippen LogP contribution in [0.4, 0.5) is 5.69 Å². The summed E-state index contributed by atoms with van der Waals surface area (Å²) < 4.78 is 5.54. The third-order valence-electron chi connectivity index (χ3n) is 2.40. The van der Waals surface area contributed by atoms with Gasteiger partial charge in [-0.3, -0.25) is 0 Å². The van der Waals surface area contributed by atoms with E-state index in [-0.39, 0.29) is 12.1 Å². The highest BCUT2D eigenvalue weighted by atomic mass is 16.5. The molecule has 16 heavy (non-hydrogen) atoms. The molecule has 0 aliphatic heterocycles. The van der Waals surface area contributed by atoms with Gasteiger partial charge in [0.05, 0.1) is 12.3 Å². The van der Waals surface area contributed by atoms with Gasteiger partial charge in [0.2, 0.25) is 0 Å². The van der Waals surface area contributed by atoms with Gasteiger partial charge in [-0.1, -0.05) is 12.1 Å². The van der Waals surface area contributed by atoms with E-state index >= 15 is 0 Å². The van der Waals surface area contributed by atoms with Crippen LogP contribution in [0, 0.1) is 0 Å². The average Bonchev–Trinajstić information content (AvgIpc) is 2.20. The molecule has 0 aliphatic rings. The molecule has 0 bridgehead atoms. The maximum atomic E-state index is 8.98. The SMILES string of the molecule is CCOc1ccccc1NC(C)(C)CCO. The monoisotopic (exact) mass is 223 g/mol. The van der Waals surface area contributed by atoms with E-state index in [0.717, 1.165) is 11.4 Å². The fraction of sp³-hybridized carbons (Fsp3) is 0.538. The number of aliphatic hydroxyl groups is 1. The predicted molar refractivity (Wildman–Crippen MR) is 67.0 cm³/mol. The highest BCUT2D eigenvalue weighted by Crippen LogP contribution is 2.27. The summed E-state index contributed by atoms with van der Waals surface area (Å²) in [5.74, 6) is 0.857. The normalized spacial score (nSPS) is 11.2. The molecule has 0 saturated heterocycles. The highest BCUT2D eigenvalue weighted by molar-refractivity contribution is 5.57. The molecule has 1 rings (SSSR count). The third kappa shape index (κ3) is 3.74. The van der Waals surface area contributed by atoms with Crippen LogP contribution in [0.15, 0.2) is 24.3 Å². The lowest BCUT2D eigenvalue weighted by molar-refractivity contribution is 0.260.